The van der Waals surface area contributed by atoms with Gasteiger partial charge in [-0.25, -0.2) is 9.97 Å². The van der Waals surface area contributed by atoms with Crippen LogP contribution >= 0.6 is 0 Å². The van der Waals surface area contributed by atoms with E-state index in [4.69, 9.17) is 10.7 Å². The lowest BCUT2D eigenvalue weighted by molar-refractivity contribution is 0.612. The lowest BCUT2D eigenvalue weighted by atomic mass is 10.1. The standard InChI is InChI=1S/C15H20N4/c1-11-7-3-2-6-10-19(11)15-14(16)17-12-8-4-5-9-13(12)18-15/h4-5,8-9,11H,2-3,6-7,10H2,1H3,(H2,16,17). The average molecular weight is 256 g/mol. The Morgan fingerprint density at radius 1 is 1.11 bits per heavy atom. The lowest BCUT2D eigenvalue weighted by Gasteiger charge is -2.29. The molecule has 4 heteroatoms. The number of anilines is 2. The summed E-state index contributed by atoms with van der Waals surface area (Å²) in [5.74, 6) is 1.40. The first-order chi connectivity index (χ1) is 9.25. The minimum atomic E-state index is 0.486. The van der Waals surface area contributed by atoms with Crippen molar-refractivity contribution in [1.29, 1.82) is 0 Å². The molecule has 0 spiro atoms. The maximum atomic E-state index is 6.12. The second kappa shape index (κ2) is 5.03. The fourth-order valence-electron chi connectivity index (χ4n) is 2.81. The van der Waals surface area contributed by atoms with Gasteiger partial charge in [0.25, 0.3) is 0 Å². The van der Waals surface area contributed by atoms with Gasteiger partial charge in [0.15, 0.2) is 11.6 Å². The van der Waals surface area contributed by atoms with Gasteiger partial charge in [0.2, 0.25) is 0 Å². The molecule has 2 heterocycles. The second-order valence-corrected chi connectivity index (χ2v) is 5.31. The van der Waals surface area contributed by atoms with Crippen LogP contribution in [0.3, 0.4) is 0 Å². The summed E-state index contributed by atoms with van der Waals surface area (Å²) in [5, 5.41) is 0. The van der Waals surface area contributed by atoms with Crippen molar-refractivity contribution in [1.82, 2.24) is 9.97 Å². The average Bonchev–Trinajstić information content (AvgIpc) is 2.63. The molecule has 4 nitrogen and oxygen atoms in total. The van der Waals surface area contributed by atoms with Gasteiger partial charge in [-0.15, -0.1) is 0 Å². The zero-order valence-electron chi connectivity index (χ0n) is 11.3. The maximum Gasteiger partial charge on any atom is 0.172 e. The van der Waals surface area contributed by atoms with Gasteiger partial charge < -0.3 is 10.6 Å². The predicted molar refractivity (Wildman–Crippen MR) is 79.2 cm³/mol. The van der Waals surface area contributed by atoms with Crippen LogP contribution in [-0.2, 0) is 0 Å². The highest BCUT2D eigenvalue weighted by Crippen LogP contribution is 2.27. The number of nitrogen functional groups attached to an aromatic ring is 1. The Bertz CT molecular complexity index is 581. The van der Waals surface area contributed by atoms with Crippen molar-refractivity contribution < 1.29 is 0 Å². The van der Waals surface area contributed by atoms with Crippen molar-refractivity contribution in [3.8, 4) is 0 Å². The lowest BCUT2D eigenvalue weighted by Crippen LogP contribution is -2.34. The highest BCUT2D eigenvalue weighted by Gasteiger charge is 2.21. The summed E-state index contributed by atoms with van der Waals surface area (Å²) in [6, 6.07) is 8.38. The number of nitrogens with zero attached hydrogens (tertiary/aromatic N) is 3. The van der Waals surface area contributed by atoms with Crippen LogP contribution in [0.1, 0.15) is 32.6 Å². The zero-order valence-corrected chi connectivity index (χ0v) is 11.3. The van der Waals surface area contributed by atoms with Crippen molar-refractivity contribution in [2.75, 3.05) is 17.2 Å². The molecule has 3 rings (SSSR count). The maximum absolute atomic E-state index is 6.12. The van der Waals surface area contributed by atoms with E-state index in [2.05, 4.69) is 16.8 Å². The molecule has 0 bridgehead atoms. The Morgan fingerprint density at radius 2 is 1.84 bits per heavy atom. The molecule has 1 saturated heterocycles. The third-order valence-electron chi connectivity index (χ3n) is 3.90. The molecule has 1 aromatic heterocycles. The molecule has 1 aliphatic heterocycles. The van der Waals surface area contributed by atoms with Crippen LogP contribution in [0, 0.1) is 0 Å². The van der Waals surface area contributed by atoms with Gasteiger partial charge >= 0.3 is 0 Å². The van der Waals surface area contributed by atoms with Gasteiger partial charge in [-0.05, 0) is 31.9 Å². The Kier molecular flexibility index (Phi) is 3.23. The highest BCUT2D eigenvalue weighted by molar-refractivity contribution is 5.79. The molecule has 1 aromatic carbocycles. The van der Waals surface area contributed by atoms with Gasteiger partial charge in [-0.2, -0.15) is 0 Å². The van der Waals surface area contributed by atoms with Crippen LogP contribution in [0.2, 0.25) is 0 Å². The Balaban J connectivity index is 2.05. The first-order valence-corrected chi connectivity index (χ1v) is 7.04. The van der Waals surface area contributed by atoms with E-state index >= 15 is 0 Å². The molecule has 1 aliphatic rings. The Morgan fingerprint density at radius 3 is 2.63 bits per heavy atom. The van der Waals surface area contributed by atoms with E-state index in [0.717, 1.165) is 23.4 Å². The van der Waals surface area contributed by atoms with Gasteiger partial charge in [0, 0.05) is 12.6 Å². The van der Waals surface area contributed by atoms with Crippen LogP contribution < -0.4 is 10.6 Å². The van der Waals surface area contributed by atoms with E-state index in [9.17, 15) is 0 Å². The van der Waals surface area contributed by atoms with Crippen LogP contribution in [0.4, 0.5) is 11.6 Å². The van der Waals surface area contributed by atoms with Gasteiger partial charge in [0.05, 0.1) is 11.0 Å². The van der Waals surface area contributed by atoms with E-state index in [1.807, 2.05) is 24.3 Å². The fraction of sp³-hybridized carbons (Fsp3) is 0.467. The van der Waals surface area contributed by atoms with Crippen molar-refractivity contribution in [3.05, 3.63) is 24.3 Å². The first-order valence-electron chi connectivity index (χ1n) is 7.04. The predicted octanol–water partition coefficient (Wildman–Crippen LogP) is 2.98. The summed E-state index contributed by atoms with van der Waals surface area (Å²) in [6.45, 7) is 3.28. The monoisotopic (exact) mass is 256 g/mol. The number of rotatable bonds is 1. The first kappa shape index (κ1) is 12.2. The van der Waals surface area contributed by atoms with E-state index in [-0.39, 0.29) is 0 Å². The summed E-state index contributed by atoms with van der Waals surface area (Å²) >= 11 is 0. The third-order valence-corrected chi connectivity index (χ3v) is 3.90. The molecule has 1 fully saturated rings. The summed E-state index contributed by atoms with van der Waals surface area (Å²) in [7, 11) is 0. The van der Waals surface area contributed by atoms with Crippen molar-refractivity contribution in [2.45, 2.75) is 38.6 Å². The van der Waals surface area contributed by atoms with Crippen LogP contribution in [0.5, 0.6) is 0 Å². The second-order valence-electron chi connectivity index (χ2n) is 5.31. The number of hydrogen-bond acceptors (Lipinski definition) is 4. The molecule has 100 valence electrons. The SMILES string of the molecule is CC1CCCCCN1c1nc2ccccc2nc1N. The number of nitrogens with two attached hydrogens (primary N) is 1. The fourth-order valence-corrected chi connectivity index (χ4v) is 2.81. The van der Waals surface area contributed by atoms with E-state index < -0.39 is 0 Å². The molecule has 0 radical (unpaired) electrons. The molecule has 2 N–H and O–H groups in total. The van der Waals surface area contributed by atoms with E-state index in [1.165, 1.54) is 25.7 Å². The number of aromatic nitrogens is 2. The van der Waals surface area contributed by atoms with Gasteiger partial charge in [0.1, 0.15) is 0 Å². The van der Waals surface area contributed by atoms with Crippen LogP contribution in [0.25, 0.3) is 11.0 Å². The smallest absolute Gasteiger partial charge is 0.172 e. The molecule has 1 atom stereocenters. The largest absolute Gasteiger partial charge is 0.381 e. The molecular formula is C15H20N4. The number of fused-ring (bicyclic) bond motifs is 1. The van der Waals surface area contributed by atoms with Crippen molar-refractivity contribution in [3.63, 3.8) is 0 Å². The van der Waals surface area contributed by atoms with E-state index in [1.54, 1.807) is 0 Å². The van der Waals surface area contributed by atoms with Crippen LogP contribution in [0.15, 0.2) is 24.3 Å². The molecular weight excluding hydrogens is 236 g/mol. The van der Waals surface area contributed by atoms with Gasteiger partial charge in [-0.3, -0.25) is 0 Å². The third kappa shape index (κ3) is 2.35. The number of benzene rings is 1. The minimum absolute atomic E-state index is 0.486. The summed E-state index contributed by atoms with van der Waals surface area (Å²) in [4.78, 5) is 11.5. The molecule has 19 heavy (non-hydrogen) atoms. The number of hydrogen-bond donors (Lipinski definition) is 1. The normalized spacial score (nSPS) is 20.5. The minimum Gasteiger partial charge on any atom is -0.381 e. The Labute approximate surface area is 113 Å². The molecule has 0 saturated carbocycles. The molecule has 2 aromatic rings. The topological polar surface area (TPSA) is 55.0 Å². The van der Waals surface area contributed by atoms with Crippen molar-refractivity contribution >= 4 is 22.7 Å². The summed E-state index contributed by atoms with van der Waals surface area (Å²) < 4.78 is 0. The quantitative estimate of drug-likeness (QED) is 0.852. The zero-order chi connectivity index (χ0) is 13.2. The Hall–Kier alpha value is -1.84. The number of para-hydroxylation sites is 2. The van der Waals surface area contributed by atoms with Crippen molar-refractivity contribution in [2.24, 2.45) is 0 Å². The molecule has 1 unspecified atom stereocenters. The molecule has 0 aliphatic carbocycles. The highest BCUT2D eigenvalue weighted by atomic mass is 15.2. The summed E-state index contributed by atoms with van der Waals surface area (Å²) in [6.07, 6.45) is 4.99. The van der Waals surface area contributed by atoms with E-state index in [0.29, 0.717) is 11.9 Å². The van der Waals surface area contributed by atoms with Gasteiger partial charge in [-0.1, -0.05) is 25.0 Å². The molecule has 0 amide bonds. The summed E-state index contributed by atoms with van der Waals surface area (Å²) in [5.41, 5.74) is 7.90. The van der Waals surface area contributed by atoms with Crippen LogP contribution in [-0.4, -0.2) is 22.6 Å².